The Morgan fingerprint density at radius 3 is 2.03 bits per heavy atom. The number of rotatable bonds is 9. The van der Waals surface area contributed by atoms with Gasteiger partial charge in [0.2, 0.25) is 0 Å². The van der Waals surface area contributed by atoms with Crippen molar-refractivity contribution in [2.24, 2.45) is 0 Å². The summed E-state index contributed by atoms with van der Waals surface area (Å²) in [7, 11) is -0.774. The van der Waals surface area contributed by atoms with Gasteiger partial charge in [0.1, 0.15) is 18.1 Å². The van der Waals surface area contributed by atoms with E-state index in [2.05, 4.69) is 5.32 Å². The zero-order chi connectivity index (χ0) is 25.5. The normalized spacial score (nSPS) is 10.9. The Balaban J connectivity index is 1.37. The van der Waals surface area contributed by atoms with E-state index >= 15 is 0 Å². The molecule has 7 nitrogen and oxygen atoms in total. The largest absolute Gasteiger partial charge is 0.497 e. The van der Waals surface area contributed by atoms with Crippen molar-refractivity contribution in [3.63, 3.8) is 0 Å². The van der Waals surface area contributed by atoms with Crippen molar-refractivity contribution in [3.05, 3.63) is 114 Å². The molecular formula is C28H26N2O5S. The second-order valence-corrected chi connectivity index (χ2v) is 9.92. The summed E-state index contributed by atoms with van der Waals surface area (Å²) in [5.74, 6) is 0.962. The molecule has 0 radical (unpaired) electrons. The van der Waals surface area contributed by atoms with Gasteiger partial charge in [-0.05, 0) is 78.4 Å². The highest BCUT2D eigenvalue weighted by Gasteiger charge is 2.21. The fraction of sp³-hybridized carbons (Fsp3) is 0.107. The minimum atomic E-state index is -3.76. The first-order valence-electron chi connectivity index (χ1n) is 11.2. The van der Waals surface area contributed by atoms with E-state index in [-0.39, 0.29) is 10.8 Å². The first kappa shape index (κ1) is 24.8. The van der Waals surface area contributed by atoms with Crippen LogP contribution in [0.15, 0.2) is 108 Å². The minimum Gasteiger partial charge on any atom is -0.497 e. The Morgan fingerprint density at radius 1 is 0.806 bits per heavy atom. The molecule has 4 rings (SSSR count). The van der Waals surface area contributed by atoms with Crippen molar-refractivity contribution in [2.75, 3.05) is 23.8 Å². The third-order valence-corrected chi connectivity index (χ3v) is 7.37. The average Bonchev–Trinajstić information content (AvgIpc) is 2.93. The lowest BCUT2D eigenvalue weighted by Crippen LogP contribution is -2.26. The highest BCUT2D eigenvalue weighted by Crippen LogP contribution is 2.24. The molecule has 0 aliphatic heterocycles. The number of benzene rings is 4. The molecule has 0 aliphatic rings. The number of nitrogens with one attached hydrogen (secondary N) is 1. The molecule has 4 aromatic carbocycles. The maximum atomic E-state index is 12.9. The molecule has 184 valence electrons. The summed E-state index contributed by atoms with van der Waals surface area (Å²) in [5, 5.41) is 2.84. The first-order valence-corrected chi connectivity index (χ1v) is 12.6. The molecule has 36 heavy (non-hydrogen) atoms. The molecule has 8 heteroatoms. The number of carbonyl (C=O) groups is 1. The number of methoxy groups -OCH3 is 1. The zero-order valence-electron chi connectivity index (χ0n) is 19.9. The van der Waals surface area contributed by atoms with Gasteiger partial charge in [0.05, 0.1) is 17.7 Å². The summed E-state index contributed by atoms with van der Waals surface area (Å²) in [5.41, 5.74) is 2.52. The number of amides is 1. The standard InChI is InChI=1S/C28H26N2O5S/c1-30(36(32,33)27-18-16-25(34-2)17-19-27)24-12-8-22(9-13-24)28(31)29-23-10-14-26(15-11-23)35-20-21-6-4-3-5-7-21/h3-19H,20H2,1-2H3,(H,29,31). The molecule has 0 unspecified atom stereocenters. The first-order chi connectivity index (χ1) is 17.4. The van der Waals surface area contributed by atoms with Crippen LogP contribution < -0.4 is 19.1 Å². The van der Waals surface area contributed by atoms with Crippen LogP contribution in [0.1, 0.15) is 15.9 Å². The van der Waals surface area contributed by atoms with Crippen LogP contribution in [-0.4, -0.2) is 28.5 Å². The lowest BCUT2D eigenvalue weighted by atomic mass is 10.2. The third-order valence-electron chi connectivity index (χ3n) is 5.57. The van der Waals surface area contributed by atoms with E-state index in [0.29, 0.717) is 35.0 Å². The van der Waals surface area contributed by atoms with E-state index in [1.807, 2.05) is 30.3 Å². The van der Waals surface area contributed by atoms with Gasteiger partial charge in [0, 0.05) is 18.3 Å². The van der Waals surface area contributed by atoms with Crippen molar-refractivity contribution in [2.45, 2.75) is 11.5 Å². The van der Waals surface area contributed by atoms with Crippen LogP contribution in [-0.2, 0) is 16.6 Å². The summed E-state index contributed by atoms with van der Waals surface area (Å²) in [4.78, 5) is 12.8. The molecule has 4 aromatic rings. The Hall–Kier alpha value is -4.30. The van der Waals surface area contributed by atoms with Gasteiger partial charge in [-0.1, -0.05) is 30.3 Å². The van der Waals surface area contributed by atoms with Gasteiger partial charge in [0.25, 0.3) is 15.9 Å². The van der Waals surface area contributed by atoms with E-state index in [9.17, 15) is 13.2 Å². The maximum absolute atomic E-state index is 12.9. The lowest BCUT2D eigenvalue weighted by molar-refractivity contribution is 0.102. The number of sulfonamides is 1. The third kappa shape index (κ3) is 5.84. The molecule has 0 aliphatic carbocycles. The highest BCUT2D eigenvalue weighted by atomic mass is 32.2. The van der Waals surface area contributed by atoms with Crippen LogP contribution in [0.5, 0.6) is 11.5 Å². The smallest absolute Gasteiger partial charge is 0.264 e. The van der Waals surface area contributed by atoms with Crippen LogP contribution in [0.3, 0.4) is 0 Å². The summed E-state index contributed by atoms with van der Waals surface area (Å²) in [6.07, 6.45) is 0. The highest BCUT2D eigenvalue weighted by molar-refractivity contribution is 7.92. The molecule has 0 aromatic heterocycles. The van der Waals surface area contributed by atoms with E-state index in [4.69, 9.17) is 9.47 Å². The Kier molecular flexibility index (Phi) is 7.56. The molecule has 0 fully saturated rings. The SMILES string of the molecule is COc1ccc(S(=O)(=O)N(C)c2ccc(C(=O)Nc3ccc(OCc4ccccc4)cc3)cc2)cc1. The fourth-order valence-corrected chi connectivity index (χ4v) is 4.64. The molecule has 0 heterocycles. The number of hydrogen-bond donors (Lipinski definition) is 1. The van der Waals surface area contributed by atoms with Gasteiger partial charge in [0.15, 0.2) is 0 Å². The number of ether oxygens (including phenoxy) is 2. The van der Waals surface area contributed by atoms with Gasteiger partial charge < -0.3 is 14.8 Å². The van der Waals surface area contributed by atoms with Crippen LogP contribution >= 0.6 is 0 Å². The zero-order valence-corrected chi connectivity index (χ0v) is 20.7. The minimum absolute atomic E-state index is 0.142. The maximum Gasteiger partial charge on any atom is 0.264 e. The van der Waals surface area contributed by atoms with E-state index < -0.39 is 10.0 Å². The van der Waals surface area contributed by atoms with Gasteiger partial charge in [-0.3, -0.25) is 9.10 Å². The molecule has 0 atom stereocenters. The van der Waals surface area contributed by atoms with Crippen LogP contribution in [0, 0.1) is 0 Å². The molecule has 0 saturated heterocycles. The molecule has 1 N–H and O–H groups in total. The van der Waals surface area contributed by atoms with Gasteiger partial charge in [-0.2, -0.15) is 0 Å². The number of nitrogens with zero attached hydrogens (tertiary/aromatic N) is 1. The fourth-order valence-electron chi connectivity index (χ4n) is 3.45. The lowest BCUT2D eigenvalue weighted by Gasteiger charge is -2.20. The Morgan fingerprint density at radius 2 is 1.42 bits per heavy atom. The molecule has 1 amide bonds. The van der Waals surface area contributed by atoms with Gasteiger partial charge in [-0.15, -0.1) is 0 Å². The number of anilines is 2. The Labute approximate surface area is 211 Å². The Bertz CT molecular complexity index is 1400. The van der Waals surface area contributed by atoms with Crippen molar-refractivity contribution in [1.29, 1.82) is 0 Å². The summed E-state index contributed by atoms with van der Waals surface area (Å²) >= 11 is 0. The van der Waals surface area contributed by atoms with Crippen molar-refractivity contribution in [3.8, 4) is 11.5 Å². The van der Waals surface area contributed by atoms with Crippen molar-refractivity contribution >= 4 is 27.3 Å². The average molecular weight is 503 g/mol. The number of carbonyl (C=O) groups excluding carboxylic acids is 1. The second kappa shape index (κ2) is 11.0. The molecular weight excluding hydrogens is 476 g/mol. The van der Waals surface area contributed by atoms with Crippen LogP contribution in [0.4, 0.5) is 11.4 Å². The monoisotopic (exact) mass is 502 g/mol. The van der Waals surface area contributed by atoms with E-state index in [1.165, 1.54) is 30.6 Å². The molecule has 0 saturated carbocycles. The van der Waals surface area contributed by atoms with E-state index in [1.54, 1.807) is 60.7 Å². The summed E-state index contributed by atoms with van der Waals surface area (Å²) in [6, 6.07) is 29.5. The summed E-state index contributed by atoms with van der Waals surface area (Å²) in [6.45, 7) is 0.460. The van der Waals surface area contributed by atoms with Crippen molar-refractivity contribution < 1.29 is 22.7 Å². The molecule has 0 bridgehead atoms. The summed E-state index contributed by atoms with van der Waals surface area (Å²) < 4.78 is 37.9. The van der Waals surface area contributed by atoms with Crippen LogP contribution in [0.25, 0.3) is 0 Å². The predicted octanol–water partition coefficient (Wildman–Crippen LogP) is 5.35. The van der Waals surface area contributed by atoms with Crippen molar-refractivity contribution in [1.82, 2.24) is 0 Å². The molecule has 0 spiro atoms. The van der Waals surface area contributed by atoms with Gasteiger partial charge in [-0.25, -0.2) is 8.42 Å². The second-order valence-electron chi connectivity index (χ2n) is 7.95. The topological polar surface area (TPSA) is 84.9 Å². The quantitative estimate of drug-likeness (QED) is 0.333. The predicted molar refractivity (Wildman–Crippen MR) is 140 cm³/mol. The van der Waals surface area contributed by atoms with E-state index in [0.717, 1.165) is 5.56 Å². The number of hydrogen-bond acceptors (Lipinski definition) is 5. The van der Waals surface area contributed by atoms with Crippen LogP contribution in [0.2, 0.25) is 0 Å². The van der Waals surface area contributed by atoms with Gasteiger partial charge >= 0.3 is 0 Å².